The van der Waals surface area contributed by atoms with Gasteiger partial charge in [0.25, 0.3) is 0 Å². The van der Waals surface area contributed by atoms with Crippen LogP contribution in [0.4, 0.5) is 11.5 Å². The number of hydrogen-bond donors (Lipinski definition) is 2. The first-order valence-electron chi connectivity index (χ1n) is 5.15. The zero-order chi connectivity index (χ0) is 11.6. The molecule has 6 nitrogen and oxygen atoms in total. The van der Waals surface area contributed by atoms with Gasteiger partial charge >= 0.3 is 5.69 Å². The molecular formula is C10H13N3O3. The number of pyridine rings is 1. The standard InChI is InChI=1S/C10H13N3O3/c14-7-10(4-2-5-10)12-9-8(13(15)16)3-1-6-11-9/h1,3,6,14H,2,4-5,7H2,(H,11,12). The van der Waals surface area contributed by atoms with Crippen molar-refractivity contribution in [3.63, 3.8) is 0 Å². The quantitative estimate of drug-likeness (QED) is 0.593. The summed E-state index contributed by atoms with van der Waals surface area (Å²) in [5.41, 5.74) is -0.471. The predicted molar refractivity (Wildman–Crippen MR) is 58.2 cm³/mol. The largest absolute Gasteiger partial charge is 0.394 e. The highest BCUT2D eigenvalue weighted by Gasteiger charge is 2.38. The monoisotopic (exact) mass is 223 g/mol. The molecule has 0 spiro atoms. The number of hydrogen-bond acceptors (Lipinski definition) is 5. The van der Waals surface area contributed by atoms with Crippen LogP contribution in [0.2, 0.25) is 0 Å². The summed E-state index contributed by atoms with van der Waals surface area (Å²) in [7, 11) is 0. The molecule has 0 unspecified atom stereocenters. The minimum atomic E-state index is -0.473. The molecule has 16 heavy (non-hydrogen) atoms. The molecule has 1 heterocycles. The summed E-state index contributed by atoms with van der Waals surface area (Å²) in [5.74, 6) is 0.237. The van der Waals surface area contributed by atoms with Crippen LogP contribution in [0.1, 0.15) is 19.3 Å². The van der Waals surface area contributed by atoms with Crippen LogP contribution in [0, 0.1) is 10.1 Å². The van der Waals surface area contributed by atoms with Gasteiger partial charge in [0.15, 0.2) is 0 Å². The molecule has 1 aliphatic carbocycles. The number of nitrogens with zero attached hydrogens (tertiary/aromatic N) is 2. The Labute approximate surface area is 92.5 Å². The van der Waals surface area contributed by atoms with E-state index in [0.29, 0.717) is 0 Å². The van der Waals surface area contributed by atoms with E-state index >= 15 is 0 Å². The Balaban J connectivity index is 2.23. The molecule has 1 fully saturated rings. The summed E-state index contributed by atoms with van der Waals surface area (Å²) < 4.78 is 0. The van der Waals surface area contributed by atoms with Crippen LogP contribution in [0.5, 0.6) is 0 Å². The van der Waals surface area contributed by atoms with E-state index in [4.69, 9.17) is 0 Å². The maximum atomic E-state index is 10.8. The SMILES string of the molecule is O=[N+]([O-])c1cccnc1NC1(CO)CCC1. The molecule has 2 rings (SSSR count). The van der Waals surface area contributed by atoms with E-state index in [0.717, 1.165) is 19.3 Å². The molecular weight excluding hydrogens is 210 g/mol. The third-order valence-electron chi connectivity index (χ3n) is 2.98. The molecule has 0 saturated heterocycles. The van der Waals surface area contributed by atoms with Gasteiger partial charge in [-0.3, -0.25) is 10.1 Å². The van der Waals surface area contributed by atoms with Gasteiger partial charge in [-0.1, -0.05) is 0 Å². The van der Waals surface area contributed by atoms with Gasteiger partial charge in [0, 0.05) is 12.3 Å². The fraction of sp³-hybridized carbons (Fsp3) is 0.500. The summed E-state index contributed by atoms with van der Waals surface area (Å²) in [5, 5.41) is 23.0. The zero-order valence-electron chi connectivity index (χ0n) is 8.72. The Bertz CT molecular complexity index is 399. The zero-order valence-corrected chi connectivity index (χ0v) is 8.72. The smallest absolute Gasteiger partial charge is 0.311 e. The van der Waals surface area contributed by atoms with Gasteiger partial charge in [0.05, 0.1) is 17.1 Å². The molecule has 0 radical (unpaired) electrons. The third-order valence-corrected chi connectivity index (χ3v) is 2.98. The van der Waals surface area contributed by atoms with Crippen molar-refractivity contribution in [2.75, 3.05) is 11.9 Å². The van der Waals surface area contributed by atoms with Gasteiger partial charge in [-0.05, 0) is 25.3 Å². The van der Waals surface area contributed by atoms with E-state index in [1.54, 1.807) is 0 Å². The number of rotatable bonds is 4. The van der Waals surface area contributed by atoms with Crippen molar-refractivity contribution in [1.82, 2.24) is 4.98 Å². The molecule has 1 aliphatic rings. The fourth-order valence-corrected chi connectivity index (χ4v) is 1.82. The molecule has 0 aromatic carbocycles. The minimum Gasteiger partial charge on any atom is -0.394 e. The Morgan fingerprint density at radius 1 is 1.62 bits per heavy atom. The van der Waals surface area contributed by atoms with E-state index in [2.05, 4.69) is 10.3 Å². The maximum Gasteiger partial charge on any atom is 0.311 e. The number of anilines is 1. The Morgan fingerprint density at radius 2 is 2.38 bits per heavy atom. The van der Waals surface area contributed by atoms with Crippen LogP contribution < -0.4 is 5.32 Å². The fourth-order valence-electron chi connectivity index (χ4n) is 1.82. The minimum absolute atomic E-state index is 0.0271. The lowest BCUT2D eigenvalue weighted by Gasteiger charge is -2.41. The van der Waals surface area contributed by atoms with Crippen LogP contribution >= 0.6 is 0 Å². The lowest BCUT2D eigenvalue weighted by atomic mass is 9.77. The van der Waals surface area contributed by atoms with E-state index in [-0.39, 0.29) is 18.1 Å². The van der Waals surface area contributed by atoms with Crippen LogP contribution in [-0.2, 0) is 0 Å². The second-order valence-electron chi connectivity index (χ2n) is 4.05. The highest BCUT2D eigenvalue weighted by molar-refractivity contribution is 5.57. The lowest BCUT2D eigenvalue weighted by Crippen LogP contribution is -2.48. The van der Waals surface area contributed by atoms with E-state index in [9.17, 15) is 15.2 Å². The van der Waals surface area contributed by atoms with E-state index < -0.39 is 10.5 Å². The van der Waals surface area contributed by atoms with Crippen molar-refractivity contribution >= 4 is 11.5 Å². The Kier molecular flexibility index (Phi) is 2.74. The number of nitrogens with one attached hydrogen (secondary N) is 1. The summed E-state index contributed by atoms with van der Waals surface area (Å²) >= 11 is 0. The van der Waals surface area contributed by atoms with Gasteiger partial charge in [-0.2, -0.15) is 0 Å². The number of aliphatic hydroxyl groups is 1. The predicted octanol–water partition coefficient (Wildman–Crippen LogP) is 1.32. The number of nitro groups is 1. The van der Waals surface area contributed by atoms with E-state index in [1.807, 2.05) is 0 Å². The second-order valence-corrected chi connectivity index (χ2v) is 4.05. The first-order valence-corrected chi connectivity index (χ1v) is 5.15. The van der Waals surface area contributed by atoms with Crippen LogP contribution in [0.3, 0.4) is 0 Å². The van der Waals surface area contributed by atoms with Gasteiger partial charge < -0.3 is 10.4 Å². The Hall–Kier alpha value is -1.69. The molecule has 1 aromatic heterocycles. The second kappa shape index (κ2) is 4.05. The van der Waals surface area contributed by atoms with Crippen molar-refractivity contribution in [1.29, 1.82) is 0 Å². The molecule has 6 heteroatoms. The number of aliphatic hydroxyl groups excluding tert-OH is 1. The van der Waals surface area contributed by atoms with Crippen LogP contribution in [-0.4, -0.2) is 27.2 Å². The molecule has 0 bridgehead atoms. The molecule has 2 N–H and O–H groups in total. The highest BCUT2D eigenvalue weighted by atomic mass is 16.6. The average Bonchev–Trinajstić information content (AvgIpc) is 2.24. The summed E-state index contributed by atoms with van der Waals surface area (Å²) in [6, 6.07) is 2.93. The number of aromatic nitrogens is 1. The van der Waals surface area contributed by atoms with Crippen molar-refractivity contribution in [3.05, 3.63) is 28.4 Å². The third kappa shape index (κ3) is 1.83. The van der Waals surface area contributed by atoms with Gasteiger partial charge in [-0.25, -0.2) is 4.98 Å². The first-order chi connectivity index (χ1) is 7.67. The van der Waals surface area contributed by atoms with Gasteiger partial charge in [0.1, 0.15) is 0 Å². The van der Waals surface area contributed by atoms with E-state index in [1.165, 1.54) is 18.3 Å². The van der Waals surface area contributed by atoms with Gasteiger partial charge in [0.2, 0.25) is 5.82 Å². The molecule has 0 aliphatic heterocycles. The van der Waals surface area contributed by atoms with Crippen molar-refractivity contribution < 1.29 is 10.0 Å². The van der Waals surface area contributed by atoms with Crippen molar-refractivity contribution in [2.45, 2.75) is 24.8 Å². The Morgan fingerprint density at radius 3 is 2.88 bits per heavy atom. The van der Waals surface area contributed by atoms with Crippen LogP contribution in [0.25, 0.3) is 0 Å². The molecule has 86 valence electrons. The molecule has 0 amide bonds. The highest BCUT2D eigenvalue weighted by Crippen LogP contribution is 2.36. The summed E-state index contributed by atoms with van der Waals surface area (Å²) in [6.07, 6.45) is 4.15. The van der Waals surface area contributed by atoms with Crippen molar-refractivity contribution in [2.24, 2.45) is 0 Å². The van der Waals surface area contributed by atoms with Crippen LogP contribution in [0.15, 0.2) is 18.3 Å². The molecule has 0 atom stereocenters. The topological polar surface area (TPSA) is 88.3 Å². The normalized spacial score (nSPS) is 17.6. The van der Waals surface area contributed by atoms with Gasteiger partial charge in [-0.15, -0.1) is 0 Å². The first kappa shape index (κ1) is 10.8. The maximum absolute atomic E-state index is 10.8. The summed E-state index contributed by atoms with van der Waals surface area (Å²) in [4.78, 5) is 14.2. The average molecular weight is 223 g/mol. The lowest BCUT2D eigenvalue weighted by molar-refractivity contribution is -0.384. The van der Waals surface area contributed by atoms with Crippen molar-refractivity contribution in [3.8, 4) is 0 Å². The molecule has 1 saturated carbocycles. The summed E-state index contributed by atoms with van der Waals surface area (Å²) in [6.45, 7) is -0.0271. The molecule has 1 aromatic rings.